The number of pyridine rings is 1. The Morgan fingerprint density at radius 1 is 0.696 bits per heavy atom. The van der Waals surface area contributed by atoms with Gasteiger partial charge in [-0.2, -0.15) is 0 Å². The molecule has 24 nitrogen and oxygen atoms in total. The number of methoxy groups -OCH3 is 3. The Balaban J connectivity index is 0. The number of hydrogen-bond acceptors (Lipinski definition) is 22. The van der Waals surface area contributed by atoms with Gasteiger partial charge >= 0.3 is 17.9 Å². The van der Waals surface area contributed by atoms with Crippen LogP contribution in [0, 0.1) is 10.1 Å². The van der Waals surface area contributed by atoms with E-state index in [0.29, 0.717) is 56.6 Å². The van der Waals surface area contributed by atoms with Gasteiger partial charge in [0.15, 0.2) is 18.9 Å². The fraction of sp³-hybridized carbons (Fsp3) is 0.767. The van der Waals surface area contributed by atoms with Crippen LogP contribution in [0.4, 0.5) is 5.69 Å². The molecule has 0 spiro atoms. The van der Waals surface area contributed by atoms with Crippen LogP contribution in [-0.2, 0) is 61.9 Å². The summed E-state index contributed by atoms with van der Waals surface area (Å²) in [5.41, 5.74) is -0.0614. The van der Waals surface area contributed by atoms with E-state index in [-0.39, 0.29) is 99.8 Å². The lowest BCUT2D eigenvalue weighted by atomic mass is 10.1. The molecular formula is C43H76N4O20S2. The maximum absolute atomic E-state index is 12.2. The summed E-state index contributed by atoms with van der Waals surface area (Å²) in [6, 6.07) is 3.00. The molecule has 400 valence electrons. The normalized spacial score (nSPS) is 13.7. The molecule has 69 heavy (non-hydrogen) atoms. The molecule has 0 aliphatic heterocycles. The van der Waals surface area contributed by atoms with E-state index in [1.54, 1.807) is 16.9 Å². The number of carboxylic acid groups (broad SMARTS) is 1. The van der Waals surface area contributed by atoms with E-state index < -0.39 is 47.8 Å². The van der Waals surface area contributed by atoms with Crippen LogP contribution in [0.2, 0.25) is 0 Å². The van der Waals surface area contributed by atoms with Gasteiger partial charge in [-0.05, 0) is 62.8 Å². The number of carbonyl (C=O) groups is 5. The lowest BCUT2D eigenvalue weighted by molar-refractivity contribution is -0.385. The molecular weight excluding hydrogens is 957 g/mol. The molecule has 1 aromatic rings. The summed E-state index contributed by atoms with van der Waals surface area (Å²) in [6.07, 6.45) is 0.784. The molecule has 0 aromatic carbocycles. The summed E-state index contributed by atoms with van der Waals surface area (Å²) < 4.78 is 40.3. The van der Waals surface area contributed by atoms with Gasteiger partial charge in [0.05, 0.1) is 68.9 Å². The highest BCUT2D eigenvalue weighted by Gasteiger charge is 2.22. The number of nitrogens with zero attached hydrogens (tertiary/aromatic N) is 2. The van der Waals surface area contributed by atoms with Gasteiger partial charge in [-0.1, -0.05) is 31.6 Å². The number of aliphatic hydroxyl groups is 4. The van der Waals surface area contributed by atoms with Crippen LogP contribution in [0.5, 0.6) is 0 Å². The molecule has 0 aliphatic rings. The minimum atomic E-state index is -1.06. The summed E-state index contributed by atoms with van der Waals surface area (Å²) in [5, 5.41) is 60.7. The molecule has 0 fully saturated rings. The Labute approximate surface area is 412 Å². The number of carbonyl (C=O) groups excluding carboxylic acids is 4. The van der Waals surface area contributed by atoms with E-state index in [9.17, 15) is 39.2 Å². The van der Waals surface area contributed by atoms with Gasteiger partial charge in [-0.15, -0.1) is 0 Å². The molecule has 1 aromatic heterocycles. The molecule has 0 aliphatic carbocycles. The molecule has 0 saturated heterocycles. The maximum atomic E-state index is 12.2. The summed E-state index contributed by atoms with van der Waals surface area (Å²) >= 11 is 0. The fourth-order valence-electron chi connectivity index (χ4n) is 4.70. The molecule has 26 heteroatoms. The van der Waals surface area contributed by atoms with E-state index in [1.807, 2.05) is 34.6 Å². The predicted molar refractivity (Wildman–Crippen MR) is 253 cm³/mol. The number of rotatable bonds is 37. The van der Waals surface area contributed by atoms with Crippen molar-refractivity contribution in [3.63, 3.8) is 0 Å². The SMILES string of the molecule is CCC(CO)OC(CO)OC.CCC(CO)OC(COC(=O)CCC(=O)NCCCNC(=O)CCC(C)(C)SSc1ccc([N+](=O)[O-])cn1)OC.CCC(CO)OC(COC(=O)CCC(=O)O)OC. The average Bonchev–Trinajstić information content (AvgIpc) is 3.35. The van der Waals surface area contributed by atoms with Gasteiger partial charge in [0, 0.05) is 58.1 Å². The zero-order valence-electron chi connectivity index (χ0n) is 41.0. The van der Waals surface area contributed by atoms with Crippen molar-refractivity contribution in [2.24, 2.45) is 0 Å². The number of amides is 2. The summed E-state index contributed by atoms with van der Waals surface area (Å²) in [7, 11) is 7.19. The van der Waals surface area contributed by atoms with Crippen molar-refractivity contribution in [3.8, 4) is 0 Å². The lowest BCUT2D eigenvalue weighted by Crippen LogP contribution is -2.31. The number of esters is 2. The van der Waals surface area contributed by atoms with Crippen molar-refractivity contribution in [2.75, 3.05) is 74.1 Å². The first-order chi connectivity index (χ1) is 32.8. The van der Waals surface area contributed by atoms with E-state index in [1.165, 1.54) is 44.4 Å². The molecule has 0 saturated carbocycles. The Kier molecular flexibility index (Phi) is 40.9. The fourth-order valence-corrected chi connectivity index (χ4v) is 6.90. The van der Waals surface area contributed by atoms with Crippen molar-refractivity contribution in [1.82, 2.24) is 15.6 Å². The number of aliphatic carboxylic acids is 1. The lowest BCUT2D eigenvalue weighted by Gasteiger charge is -2.22. The van der Waals surface area contributed by atoms with Crippen LogP contribution in [0.15, 0.2) is 23.4 Å². The second kappa shape index (κ2) is 41.9. The first-order valence-corrected chi connectivity index (χ1v) is 24.5. The number of hydrogen-bond donors (Lipinski definition) is 7. The summed E-state index contributed by atoms with van der Waals surface area (Å²) in [5.74, 6) is -2.64. The third-order valence-corrected chi connectivity index (χ3v) is 12.3. The van der Waals surface area contributed by atoms with E-state index in [2.05, 4.69) is 15.6 Å². The molecule has 7 N–H and O–H groups in total. The Morgan fingerprint density at radius 3 is 1.52 bits per heavy atom. The van der Waals surface area contributed by atoms with Gasteiger partial charge in [0.1, 0.15) is 24.4 Å². The largest absolute Gasteiger partial charge is 0.481 e. The summed E-state index contributed by atoms with van der Waals surface area (Å²) in [4.78, 5) is 71.7. The van der Waals surface area contributed by atoms with Gasteiger partial charge in [-0.25, -0.2) is 4.98 Å². The molecule has 1 rings (SSSR count). The highest BCUT2D eigenvalue weighted by molar-refractivity contribution is 8.77. The first kappa shape index (κ1) is 67.3. The first-order valence-electron chi connectivity index (χ1n) is 22.3. The average molecular weight is 1030 g/mol. The standard InChI is InChI=1S/C25H40N4O9S2.C11H20O7.C7H16O4/c1-5-19(16-30)38-24(36-4)17-37-23(33)10-8-20(31)26-13-6-14-27-21(32)11-12-25(2,3)40-39-22-9-7-18(15-28-22)29(34)35;1-3-8(6-12)18-11(16-2)7-17-10(15)5-4-9(13)14;1-3-6(4-8)11-7(5-9)10-2/h7,9,15,19,24,30H,5-6,8,10-14,16-17H2,1-4H3,(H,26,31)(H,27,32);8,11-12H,3-7H2,1-2H3,(H,13,14);6-9H,3-5H2,1-2H3. The minimum Gasteiger partial charge on any atom is -0.481 e. The maximum Gasteiger partial charge on any atom is 0.306 e. The van der Waals surface area contributed by atoms with Crippen LogP contribution in [-0.4, -0.2) is 181 Å². The molecule has 1 heterocycles. The smallest absolute Gasteiger partial charge is 0.306 e. The number of ether oxygens (including phenoxy) is 8. The quantitative estimate of drug-likeness (QED) is 0.0126. The van der Waals surface area contributed by atoms with Crippen molar-refractivity contribution in [3.05, 3.63) is 28.4 Å². The van der Waals surface area contributed by atoms with Gasteiger partial charge in [0.2, 0.25) is 11.8 Å². The topological polar surface area (TPSA) is 340 Å². The third-order valence-electron chi connectivity index (χ3n) is 9.04. The highest BCUT2D eigenvalue weighted by Crippen LogP contribution is 2.42. The second-order valence-electron chi connectivity index (χ2n) is 15.1. The van der Waals surface area contributed by atoms with Crippen molar-refractivity contribution in [1.29, 1.82) is 0 Å². The predicted octanol–water partition coefficient (Wildman–Crippen LogP) is 2.89. The number of nitro groups is 1. The van der Waals surface area contributed by atoms with Crippen LogP contribution in [0.3, 0.4) is 0 Å². The number of aromatic nitrogens is 1. The number of aliphatic hydroxyl groups excluding tert-OH is 4. The van der Waals surface area contributed by atoms with Gasteiger partial charge in [0.25, 0.3) is 5.69 Å². The molecule has 0 radical (unpaired) electrons. The van der Waals surface area contributed by atoms with Crippen LogP contribution >= 0.6 is 21.6 Å². The zero-order valence-corrected chi connectivity index (χ0v) is 42.6. The highest BCUT2D eigenvalue weighted by atomic mass is 33.1. The van der Waals surface area contributed by atoms with Crippen molar-refractivity contribution >= 4 is 57.0 Å². The number of nitrogens with one attached hydrogen (secondary N) is 2. The monoisotopic (exact) mass is 1030 g/mol. The van der Waals surface area contributed by atoms with Gasteiger partial charge < -0.3 is 74.1 Å². The van der Waals surface area contributed by atoms with E-state index in [4.69, 9.17) is 58.3 Å². The van der Waals surface area contributed by atoms with Crippen LogP contribution in [0.25, 0.3) is 0 Å². The Hall–Kier alpha value is -3.80. The molecule has 6 atom stereocenters. The van der Waals surface area contributed by atoms with Crippen molar-refractivity contribution < 1.29 is 92.3 Å². The van der Waals surface area contributed by atoms with E-state index in [0.717, 1.165) is 0 Å². The van der Waals surface area contributed by atoms with Crippen LogP contribution in [0.1, 0.15) is 98.8 Å². The Morgan fingerprint density at radius 2 is 1.14 bits per heavy atom. The van der Waals surface area contributed by atoms with E-state index >= 15 is 0 Å². The molecule has 6 unspecified atom stereocenters. The number of carboxylic acids is 1. The third kappa shape index (κ3) is 36.8. The molecule has 2 amide bonds. The zero-order chi connectivity index (χ0) is 52.6. The molecule has 0 bridgehead atoms. The minimum absolute atomic E-state index is 0.0297. The van der Waals surface area contributed by atoms with Crippen molar-refractivity contribution in [2.45, 2.75) is 146 Å². The van der Waals surface area contributed by atoms with Gasteiger partial charge in [-0.3, -0.25) is 34.1 Å². The summed E-state index contributed by atoms with van der Waals surface area (Å²) in [6.45, 7) is 9.54. The Bertz CT molecular complexity index is 1530. The second-order valence-corrected chi connectivity index (χ2v) is 17.9. The van der Waals surface area contributed by atoms with Crippen LogP contribution < -0.4 is 10.6 Å².